The van der Waals surface area contributed by atoms with Gasteiger partial charge in [0.05, 0.1) is 10.8 Å². The van der Waals surface area contributed by atoms with Crippen molar-refractivity contribution >= 4 is 21.6 Å². The van der Waals surface area contributed by atoms with Gasteiger partial charge in [-0.05, 0) is 37.0 Å². The van der Waals surface area contributed by atoms with Crippen LogP contribution in [0.25, 0.3) is 0 Å². The molecule has 1 aliphatic rings. The third kappa shape index (κ3) is 3.15. The molecule has 0 aromatic heterocycles. The number of nitrogens with zero attached hydrogens (tertiary/aromatic N) is 1. The van der Waals surface area contributed by atoms with Gasteiger partial charge in [0.15, 0.2) is 0 Å². The average molecular weight is 320 g/mol. The van der Waals surface area contributed by atoms with Crippen molar-refractivity contribution in [1.29, 1.82) is 0 Å². The van der Waals surface area contributed by atoms with Crippen molar-refractivity contribution in [2.75, 3.05) is 13.1 Å². The van der Waals surface area contributed by atoms with Crippen LogP contribution in [0.1, 0.15) is 31.7 Å². The highest BCUT2D eigenvalue weighted by Crippen LogP contribution is 2.29. The van der Waals surface area contributed by atoms with Gasteiger partial charge in [-0.1, -0.05) is 13.3 Å². The molecule has 0 unspecified atom stereocenters. The lowest BCUT2D eigenvalue weighted by Crippen LogP contribution is -2.37. The van der Waals surface area contributed by atoms with Crippen LogP contribution in [0.2, 0.25) is 0 Å². The van der Waals surface area contributed by atoms with E-state index >= 15 is 0 Å². The molecule has 0 spiro atoms. The van der Waals surface area contributed by atoms with Crippen LogP contribution < -0.4 is 0 Å². The first-order chi connectivity index (χ1) is 9.48. The minimum Gasteiger partial charge on any atom is -0.207 e. The minimum absolute atomic E-state index is 0.0378. The van der Waals surface area contributed by atoms with Gasteiger partial charge in [0.2, 0.25) is 10.0 Å². The highest BCUT2D eigenvalue weighted by molar-refractivity contribution is 7.89. The molecular formula is C14H19ClFNO2S. The van der Waals surface area contributed by atoms with Crippen LogP contribution in [0.15, 0.2) is 23.1 Å². The second-order valence-electron chi connectivity index (χ2n) is 5.14. The predicted octanol–water partition coefficient (Wildman–Crippen LogP) is 3.38. The fourth-order valence-electron chi connectivity index (χ4n) is 2.32. The molecule has 0 amide bonds. The maximum Gasteiger partial charge on any atom is 0.243 e. The fraction of sp³-hybridized carbons (Fsp3) is 0.571. The maximum absolute atomic E-state index is 13.4. The van der Waals surface area contributed by atoms with Crippen molar-refractivity contribution in [1.82, 2.24) is 4.31 Å². The molecule has 0 heterocycles. The number of alkyl halides is 1. The molecule has 0 bridgehead atoms. The molecule has 3 nitrogen and oxygen atoms in total. The number of benzene rings is 1. The van der Waals surface area contributed by atoms with Crippen molar-refractivity contribution in [3.05, 3.63) is 29.6 Å². The Kier molecular flexibility index (Phi) is 5.04. The highest BCUT2D eigenvalue weighted by atomic mass is 35.5. The molecule has 20 heavy (non-hydrogen) atoms. The zero-order chi connectivity index (χ0) is 14.8. The van der Waals surface area contributed by atoms with Gasteiger partial charge in [0.1, 0.15) is 5.82 Å². The molecule has 1 fully saturated rings. The van der Waals surface area contributed by atoms with E-state index in [1.54, 1.807) is 0 Å². The van der Waals surface area contributed by atoms with Crippen LogP contribution in [-0.2, 0) is 15.9 Å². The Morgan fingerprint density at radius 1 is 1.40 bits per heavy atom. The Morgan fingerprint density at radius 2 is 2.10 bits per heavy atom. The zero-order valence-electron chi connectivity index (χ0n) is 11.5. The van der Waals surface area contributed by atoms with Crippen molar-refractivity contribution in [3.63, 3.8) is 0 Å². The number of sulfonamides is 1. The summed E-state index contributed by atoms with van der Waals surface area (Å²) in [7, 11) is -3.56. The van der Waals surface area contributed by atoms with Crippen molar-refractivity contribution < 1.29 is 12.8 Å². The molecule has 0 saturated heterocycles. The number of hydrogen-bond donors (Lipinski definition) is 0. The topological polar surface area (TPSA) is 37.4 Å². The van der Waals surface area contributed by atoms with E-state index in [2.05, 4.69) is 0 Å². The highest BCUT2D eigenvalue weighted by Gasteiger charge is 2.28. The largest absolute Gasteiger partial charge is 0.243 e. The van der Waals surface area contributed by atoms with E-state index in [0.29, 0.717) is 19.0 Å². The Morgan fingerprint density at radius 3 is 2.60 bits per heavy atom. The summed E-state index contributed by atoms with van der Waals surface area (Å²) in [6, 6.07) is 3.81. The zero-order valence-corrected chi connectivity index (χ0v) is 13.1. The molecule has 1 aliphatic carbocycles. The first-order valence-corrected chi connectivity index (χ1v) is 8.81. The third-order valence-corrected chi connectivity index (χ3v) is 6.06. The van der Waals surface area contributed by atoms with Gasteiger partial charge >= 0.3 is 0 Å². The Labute approximate surface area is 124 Å². The molecule has 1 aromatic rings. The lowest BCUT2D eigenvalue weighted by molar-refractivity contribution is 0.250. The summed E-state index contributed by atoms with van der Waals surface area (Å²) in [5, 5.41) is 0. The van der Waals surface area contributed by atoms with E-state index < -0.39 is 15.8 Å². The van der Waals surface area contributed by atoms with Gasteiger partial charge in [-0.15, -0.1) is 11.6 Å². The molecule has 0 radical (unpaired) electrons. The quantitative estimate of drug-likeness (QED) is 0.754. The molecular weight excluding hydrogens is 301 g/mol. The Bertz CT molecular complexity index is 573. The second kappa shape index (κ2) is 6.41. The van der Waals surface area contributed by atoms with Gasteiger partial charge in [0, 0.05) is 18.7 Å². The molecule has 1 aromatic carbocycles. The van der Waals surface area contributed by atoms with Gasteiger partial charge in [-0.3, -0.25) is 0 Å². The Hall–Kier alpha value is -0.650. The predicted molar refractivity (Wildman–Crippen MR) is 77.7 cm³/mol. The van der Waals surface area contributed by atoms with Crippen LogP contribution >= 0.6 is 11.6 Å². The van der Waals surface area contributed by atoms with E-state index in [9.17, 15) is 12.8 Å². The second-order valence-corrected chi connectivity index (χ2v) is 7.34. The monoisotopic (exact) mass is 319 g/mol. The smallest absolute Gasteiger partial charge is 0.207 e. The molecule has 2 rings (SSSR count). The summed E-state index contributed by atoms with van der Waals surface area (Å²) in [5.74, 6) is -0.0529. The van der Waals surface area contributed by atoms with Crippen molar-refractivity contribution in [3.8, 4) is 0 Å². The molecule has 112 valence electrons. The van der Waals surface area contributed by atoms with E-state index in [4.69, 9.17) is 11.6 Å². The summed E-state index contributed by atoms with van der Waals surface area (Å²) in [6.07, 6.45) is 3.35. The first-order valence-electron chi connectivity index (χ1n) is 6.83. The summed E-state index contributed by atoms with van der Waals surface area (Å²) >= 11 is 5.64. The third-order valence-electron chi connectivity index (χ3n) is 3.84. The van der Waals surface area contributed by atoms with E-state index in [-0.39, 0.29) is 16.3 Å². The summed E-state index contributed by atoms with van der Waals surface area (Å²) in [5.41, 5.74) is 0.215. The number of rotatable bonds is 6. The van der Waals surface area contributed by atoms with Crippen molar-refractivity contribution in [2.45, 2.75) is 37.0 Å². The van der Waals surface area contributed by atoms with E-state index in [1.165, 1.54) is 28.9 Å². The number of halogens is 2. The van der Waals surface area contributed by atoms with Crippen LogP contribution in [0.4, 0.5) is 4.39 Å². The maximum atomic E-state index is 13.4. The van der Waals surface area contributed by atoms with Gasteiger partial charge in [0.25, 0.3) is 0 Å². The molecule has 6 heteroatoms. The van der Waals surface area contributed by atoms with Crippen LogP contribution in [0.3, 0.4) is 0 Å². The molecule has 0 atom stereocenters. The van der Waals surface area contributed by atoms with Crippen LogP contribution in [0.5, 0.6) is 0 Å². The SMILES string of the molecule is CCN(CC1CCC1)S(=O)(=O)c1ccc(F)c(CCl)c1. The van der Waals surface area contributed by atoms with E-state index in [1.807, 2.05) is 6.92 Å². The summed E-state index contributed by atoms with van der Waals surface area (Å²) in [4.78, 5) is 0.121. The lowest BCUT2D eigenvalue weighted by atomic mass is 9.85. The standard InChI is InChI=1S/C14H19ClFNO2S/c1-2-17(10-11-4-3-5-11)20(18,19)13-6-7-14(16)12(8-13)9-15/h6-8,11H,2-5,9-10H2,1H3. The molecule has 0 aliphatic heterocycles. The van der Waals surface area contributed by atoms with Crippen molar-refractivity contribution in [2.24, 2.45) is 5.92 Å². The van der Waals surface area contributed by atoms with Gasteiger partial charge in [-0.25, -0.2) is 12.8 Å². The first kappa shape index (κ1) is 15.7. The Balaban J connectivity index is 2.27. The van der Waals surface area contributed by atoms with Crippen LogP contribution in [-0.4, -0.2) is 25.8 Å². The molecule has 1 saturated carbocycles. The van der Waals surface area contributed by atoms with E-state index in [0.717, 1.165) is 12.8 Å². The van der Waals surface area contributed by atoms with Crippen LogP contribution in [0, 0.1) is 11.7 Å². The molecule has 0 N–H and O–H groups in total. The van der Waals surface area contributed by atoms with Gasteiger partial charge < -0.3 is 0 Å². The lowest BCUT2D eigenvalue weighted by Gasteiger charge is -2.31. The normalized spacial score (nSPS) is 16.4. The average Bonchev–Trinajstić information content (AvgIpc) is 2.37. The number of hydrogen-bond acceptors (Lipinski definition) is 2. The minimum atomic E-state index is -3.56. The summed E-state index contributed by atoms with van der Waals surface area (Å²) in [6.45, 7) is 2.79. The van der Waals surface area contributed by atoms with Gasteiger partial charge in [-0.2, -0.15) is 4.31 Å². The summed E-state index contributed by atoms with van der Waals surface area (Å²) < 4.78 is 40.1. The fourth-order valence-corrected chi connectivity index (χ4v) is 4.10.